The summed E-state index contributed by atoms with van der Waals surface area (Å²) in [6.07, 6.45) is 4.43. The predicted molar refractivity (Wildman–Crippen MR) is 180 cm³/mol. The zero-order chi connectivity index (χ0) is 33.9. The summed E-state index contributed by atoms with van der Waals surface area (Å²) < 4.78 is 24.2. The van der Waals surface area contributed by atoms with E-state index in [1.165, 1.54) is 11.1 Å². The Labute approximate surface area is 282 Å². The number of unbranched alkanes of at least 4 members (excludes halogenated alkanes) is 3. The number of benzene rings is 3. The van der Waals surface area contributed by atoms with Crippen molar-refractivity contribution in [2.45, 2.75) is 83.0 Å². The summed E-state index contributed by atoms with van der Waals surface area (Å²) in [5, 5.41) is 21.1. The van der Waals surface area contributed by atoms with Gasteiger partial charge in [0.05, 0.1) is 33.0 Å². The molecular formula is C37H47N3O8. The highest BCUT2D eigenvalue weighted by atomic mass is 16.7. The van der Waals surface area contributed by atoms with E-state index in [-0.39, 0.29) is 37.0 Å². The standard InChI is InChI=1S/C37H47N3O8/c1-45-33-19-28-17-18-40(22-29(28)20-34(33)46-2)23-31-21-32(26-11-9-25(24-41)10-12-26)48-37(47-31)27-13-15-30(16-14-27)38-35(42)7-5-3-4-6-8-36(43)39-44/h9-16,19-20,31-32,37,41,44H,3-8,17-18,21-24H2,1-2H3,(H,38,42)(H,39,43)/t31-,32+,37+/m1/s1. The fraction of sp³-hybridized carbons (Fsp3) is 0.459. The van der Waals surface area contributed by atoms with Gasteiger partial charge in [-0.25, -0.2) is 5.48 Å². The van der Waals surface area contributed by atoms with E-state index in [4.69, 9.17) is 24.2 Å². The van der Waals surface area contributed by atoms with Crippen molar-refractivity contribution in [3.8, 4) is 11.5 Å². The SMILES string of the molecule is COc1cc2c(cc1OC)CN(C[C@H]1C[C@@H](c3ccc(CO)cc3)O[C@@H](c3ccc(NC(=O)CCCCCCC(=O)NO)cc3)O1)CC2. The van der Waals surface area contributed by atoms with Crippen molar-refractivity contribution in [1.29, 1.82) is 0 Å². The molecule has 0 saturated carbocycles. The zero-order valence-corrected chi connectivity index (χ0v) is 27.8. The van der Waals surface area contributed by atoms with Crippen LogP contribution >= 0.6 is 0 Å². The van der Waals surface area contributed by atoms with Gasteiger partial charge in [-0.2, -0.15) is 0 Å². The van der Waals surface area contributed by atoms with E-state index >= 15 is 0 Å². The van der Waals surface area contributed by atoms with Crippen LogP contribution in [-0.2, 0) is 38.6 Å². The maximum atomic E-state index is 12.5. The average molecular weight is 662 g/mol. The summed E-state index contributed by atoms with van der Waals surface area (Å²) in [6, 6.07) is 19.6. The predicted octanol–water partition coefficient (Wildman–Crippen LogP) is 5.58. The molecule has 2 aliphatic heterocycles. The lowest BCUT2D eigenvalue weighted by Crippen LogP contribution is -2.41. The first-order valence-corrected chi connectivity index (χ1v) is 16.7. The molecule has 2 heterocycles. The molecular weight excluding hydrogens is 614 g/mol. The number of nitrogens with one attached hydrogen (secondary N) is 2. The quantitative estimate of drug-likeness (QED) is 0.0934. The number of carbonyl (C=O) groups is 2. The molecule has 0 aliphatic carbocycles. The Morgan fingerprint density at radius 2 is 1.50 bits per heavy atom. The highest BCUT2D eigenvalue weighted by Gasteiger charge is 2.34. The van der Waals surface area contributed by atoms with Crippen LogP contribution in [0.15, 0.2) is 60.7 Å². The van der Waals surface area contributed by atoms with Crippen LogP contribution in [0.2, 0.25) is 0 Å². The molecule has 3 aromatic rings. The molecule has 3 atom stereocenters. The Morgan fingerprint density at radius 3 is 2.15 bits per heavy atom. The second-order valence-corrected chi connectivity index (χ2v) is 12.4. The molecule has 2 aliphatic rings. The lowest BCUT2D eigenvalue weighted by Gasteiger charge is -2.39. The summed E-state index contributed by atoms with van der Waals surface area (Å²) in [4.78, 5) is 26.0. The van der Waals surface area contributed by atoms with Crippen LogP contribution in [0, 0.1) is 0 Å². The minimum atomic E-state index is -0.592. The second kappa shape index (κ2) is 17.4. The van der Waals surface area contributed by atoms with E-state index in [1.54, 1.807) is 19.7 Å². The number of rotatable bonds is 15. The monoisotopic (exact) mass is 661 g/mol. The van der Waals surface area contributed by atoms with Crippen LogP contribution in [0.1, 0.15) is 85.2 Å². The van der Waals surface area contributed by atoms with Crippen molar-refractivity contribution >= 4 is 17.5 Å². The number of aliphatic hydroxyl groups is 1. The summed E-state index contributed by atoms with van der Waals surface area (Å²) in [7, 11) is 3.32. The molecule has 1 saturated heterocycles. The van der Waals surface area contributed by atoms with Crippen molar-refractivity contribution in [1.82, 2.24) is 10.4 Å². The van der Waals surface area contributed by atoms with Gasteiger partial charge in [0.15, 0.2) is 17.8 Å². The van der Waals surface area contributed by atoms with Gasteiger partial charge >= 0.3 is 0 Å². The van der Waals surface area contributed by atoms with Crippen LogP contribution in [0.5, 0.6) is 11.5 Å². The Bertz CT molecular complexity index is 1500. The fourth-order valence-electron chi connectivity index (χ4n) is 6.35. The summed E-state index contributed by atoms with van der Waals surface area (Å²) >= 11 is 0. The lowest BCUT2D eigenvalue weighted by atomic mass is 9.97. The van der Waals surface area contributed by atoms with Crippen LogP contribution in [-0.4, -0.2) is 60.4 Å². The molecule has 11 nitrogen and oxygen atoms in total. The lowest BCUT2D eigenvalue weighted by molar-refractivity contribution is -0.253. The molecule has 5 rings (SSSR count). The van der Waals surface area contributed by atoms with Crippen molar-refractivity contribution in [2.24, 2.45) is 0 Å². The summed E-state index contributed by atoms with van der Waals surface area (Å²) in [5.41, 5.74) is 7.58. The smallest absolute Gasteiger partial charge is 0.243 e. The van der Waals surface area contributed by atoms with Gasteiger partial charge in [-0.1, -0.05) is 49.2 Å². The third kappa shape index (κ3) is 9.55. The normalized spacial score (nSPS) is 19.3. The molecule has 4 N–H and O–H groups in total. The molecule has 258 valence electrons. The number of carbonyl (C=O) groups excluding carboxylic acids is 2. The number of amides is 2. The molecule has 2 amide bonds. The number of hydroxylamine groups is 1. The Morgan fingerprint density at radius 1 is 0.854 bits per heavy atom. The summed E-state index contributed by atoms with van der Waals surface area (Å²) in [5.74, 6) is 1.03. The molecule has 0 spiro atoms. The van der Waals surface area contributed by atoms with E-state index in [0.717, 1.165) is 73.5 Å². The average Bonchev–Trinajstić information content (AvgIpc) is 3.12. The van der Waals surface area contributed by atoms with Crippen LogP contribution in [0.3, 0.4) is 0 Å². The van der Waals surface area contributed by atoms with E-state index < -0.39 is 6.29 Å². The number of methoxy groups -OCH3 is 2. The van der Waals surface area contributed by atoms with E-state index in [2.05, 4.69) is 22.3 Å². The first-order chi connectivity index (χ1) is 23.4. The third-order valence-electron chi connectivity index (χ3n) is 9.02. The third-order valence-corrected chi connectivity index (χ3v) is 9.02. The van der Waals surface area contributed by atoms with Crippen molar-refractivity contribution in [3.05, 3.63) is 88.5 Å². The Hall–Kier alpha value is -4.00. The summed E-state index contributed by atoms with van der Waals surface area (Å²) in [6.45, 7) is 2.41. The minimum Gasteiger partial charge on any atom is -0.493 e. The topological polar surface area (TPSA) is 139 Å². The fourth-order valence-corrected chi connectivity index (χ4v) is 6.35. The van der Waals surface area contributed by atoms with Crippen molar-refractivity contribution < 1.29 is 38.9 Å². The van der Waals surface area contributed by atoms with Crippen LogP contribution < -0.4 is 20.3 Å². The highest BCUT2D eigenvalue weighted by Crippen LogP contribution is 2.39. The Balaban J connectivity index is 1.21. The van der Waals surface area contributed by atoms with E-state index in [9.17, 15) is 14.7 Å². The first kappa shape index (κ1) is 35.3. The maximum Gasteiger partial charge on any atom is 0.243 e. The van der Waals surface area contributed by atoms with Crippen molar-refractivity contribution in [2.75, 3.05) is 32.6 Å². The first-order valence-electron chi connectivity index (χ1n) is 16.7. The molecule has 0 unspecified atom stereocenters. The number of fused-ring (bicyclic) bond motifs is 1. The zero-order valence-electron chi connectivity index (χ0n) is 27.8. The van der Waals surface area contributed by atoms with Gasteiger partial charge < -0.3 is 29.4 Å². The second-order valence-electron chi connectivity index (χ2n) is 12.4. The minimum absolute atomic E-state index is 0.0122. The molecule has 0 radical (unpaired) electrons. The van der Waals surface area contributed by atoms with Gasteiger partial charge in [-0.3, -0.25) is 19.7 Å². The largest absolute Gasteiger partial charge is 0.493 e. The van der Waals surface area contributed by atoms with Gasteiger partial charge in [0.2, 0.25) is 11.8 Å². The van der Waals surface area contributed by atoms with E-state index in [0.29, 0.717) is 24.9 Å². The van der Waals surface area contributed by atoms with Crippen molar-refractivity contribution in [3.63, 3.8) is 0 Å². The molecule has 3 aromatic carbocycles. The van der Waals surface area contributed by atoms with E-state index in [1.807, 2.05) is 48.5 Å². The van der Waals surface area contributed by atoms with Crippen LogP contribution in [0.4, 0.5) is 5.69 Å². The number of hydrogen-bond donors (Lipinski definition) is 4. The van der Waals surface area contributed by atoms with Crippen LogP contribution in [0.25, 0.3) is 0 Å². The van der Waals surface area contributed by atoms with Gasteiger partial charge in [-0.15, -0.1) is 0 Å². The highest BCUT2D eigenvalue weighted by molar-refractivity contribution is 5.90. The number of nitrogens with zero attached hydrogens (tertiary/aromatic N) is 1. The van der Waals surface area contributed by atoms with Gasteiger partial charge in [0, 0.05) is 50.1 Å². The van der Waals surface area contributed by atoms with Gasteiger partial charge in [0.25, 0.3) is 0 Å². The van der Waals surface area contributed by atoms with Gasteiger partial charge in [-0.05, 0) is 65.8 Å². The number of aliphatic hydroxyl groups excluding tert-OH is 1. The number of anilines is 1. The van der Waals surface area contributed by atoms with Gasteiger partial charge in [0.1, 0.15) is 0 Å². The molecule has 48 heavy (non-hydrogen) atoms. The molecule has 0 bridgehead atoms. The maximum absolute atomic E-state index is 12.5. The molecule has 11 heteroatoms. The molecule has 1 fully saturated rings. The number of ether oxygens (including phenoxy) is 4. The molecule has 0 aromatic heterocycles. The Kier molecular flexibility index (Phi) is 12.8. The number of hydrogen-bond acceptors (Lipinski definition) is 9.